The number of thiazole rings is 1. The molecule has 1 amide bonds. The number of ether oxygens (including phenoxy) is 1. The van der Waals surface area contributed by atoms with Crippen molar-refractivity contribution in [2.24, 2.45) is 0 Å². The van der Waals surface area contributed by atoms with E-state index in [0.717, 1.165) is 21.9 Å². The fourth-order valence-electron chi connectivity index (χ4n) is 2.15. The largest absolute Gasteiger partial charge is 0.497 e. The number of amides is 1. The number of thiophene rings is 1. The van der Waals surface area contributed by atoms with Gasteiger partial charge in [0.15, 0.2) is 5.13 Å². The first-order chi connectivity index (χ1) is 11.1. The number of nitrogens with zero attached hydrogens (tertiary/aromatic N) is 1. The predicted molar refractivity (Wildman–Crippen MR) is 95.5 cm³/mol. The van der Waals surface area contributed by atoms with Crippen LogP contribution in [-0.4, -0.2) is 18.0 Å². The molecule has 3 rings (SSSR count). The minimum absolute atomic E-state index is 0.0819. The number of hydrogen-bond donors (Lipinski definition) is 1. The Balaban J connectivity index is 1.65. The van der Waals surface area contributed by atoms with Gasteiger partial charge in [0.25, 0.3) is 0 Å². The highest BCUT2D eigenvalue weighted by atomic mass is 32.1. The van der Waals surface area contributed by atoms with Gasteiger partial charge in [-0.15, -0.1) is 22.7 Å². The molecule has 0 aliphatic heterocycles. The van der Waals surface area contributed by atoms with Crippen molar-refractivity contribution in [2.75, 3.05) is 12.4 Å². The molecule has 23 heavy (non-hydrogen) atoms. The van der Waals surface area contributed by atoms with Gasteiger partial charge < -0.3 is 10.1 Å². The molecule has 0 spiro atoms. The Hall–Kier alpha value is -2.18. The fraction of sp³-hybridized carbons (Fsp3) is 0.176. The van der Waals surface area contributed by atoms with Gasteiger partial charge in [0, 0.05) is 10.3 Å². The van der Waals surface area contributed by atoms with Crippen LogP contribution in [0.15, 0.2) is 41.8 Å². The number of rotatable bonds is 5. The van der Waals surface area contributed by atoms with Crippen LogP contribution in [0.4, 0.5) is 5.13 Å². The number of anilines is 1. The van der Waals surface area contributed by atoms with E-state index >= 15 is 0 Å². The summed E-state index contributed by atoms with van der Waals surface area (Å²) in [4.78, 5) is 19.0. The van der Waals surface area contributed by atoms with Gasteiger partial charge in [0.2, 0.25) is 5.91 Å². The molecule has 0 saturated heterocycles. The lowest BCUT2D eigenvalue weighted by Gasteiger charge is -2.04. The van der Waals surface area contributed by atoms with Crippen LogP contribution in [0, 0.1) is 6.92 Å². The molecule has 2 heterocycles. The van der Waals surface area contributed by atoms with Crippen LogP contribution < -0.4 is 10.1 Å². The van der Waals surface area contributed by atoms with E-state index in [4.69, 9.17) is 4.74 Å². The highest BCUT2D eigenvalue weighted by Gasteiger charge is 2.10. The number of aromatic nitrogens is 1. The van der Waals surface area contributed by atoms with Crippen molar-refractivity contribution >= 4 is 33.7 Å². The van der Waals surface area contributed by atoms with Crippen LogP contribution in [-0.2, 0) is 11.2 Å². The number of benzene rings is 1. The quantitative estimate of drug-likeness (QED) is 0.748. The van der Waals surface area contributed by atoms with Gasteiger partial charge in [0.05, 0.1) is 24.1 Å². The molecule has 3 aromatic rings. The van der Waals surface area contributed by atoms with Crippen LogP contribution in [0.25, 0.3) is 10.6 Å². The molecule has 0 radical (unpaired) electrons. The summed E-state index contributed by atoms with van der Waals surface area (Å²) in [5, 5.41) is 5.45. The molecule has 0 aliphatic rings. The molecule has 4 nitrogen and oxygen atoms in total. The standard InChI is InChI=1S/C17H16N2O2S2/c1-11-6-7-15(23-11)14-10-22-17(18-14)19-16(20)9-12-4-3-5-13(8-12)21-2/h3-8,10H,9H2,1-2H3,(H,18,19,20). The average Bonchev–Trinajstić information content (AvgIpc) is 3.16. The number of nitrogens with one attached hydrogen (secondary N) is 1. The van der Waals surface area contributed by atoms with Gasteiger partial charge in [-0.1, -0.05) is 12.1 Å². The normalized spacial score (nSPS) is 10.5. The molecule has 118 valence electrons. The Kier molecular flexibility index (Phi) is 4.73. The predicted octanol–water partition coefficient (Wildman–Crippen LogP) is 4.37. The number of carbonyl (C=O) groups excluding carboxylic acids is 1. The second-order valence-electron chi connectivity index (χ2n) is 5.02. The maximum atomic E-state index is 12.1. The zero-order valence-corrected chi connectivity index (χ0v) is 14.5. The fourth-order valence-corrected chi connectivity index (χ4v) is 3.78. The number of carbonyl (C=O) groups is 1. The first-order valence-electron chi connectivity index (χ1n) is 7.09. The lowest BCUT2D eigenvalue weighted by atomic mass is 10.1. The third-order valence-corrected chi connectivity index (χ3v) is 5.02. The van der Waals surface area contributed by atoms with Crippen molar-refractivity contribution in [1.29, 1.82) is 0 Å². The van der Waals surface area contributed by atoms with E-state index < -0.39 is 0 Å². The summed E-state index contributed by atoms with van der Waals surface area (Å²) in [5.41, 5.74) is 1.82. The average molecular weight is 344 g/mol. The van der Waals surface area contributed by atoms with Gasteiger partial charge in [-0.25, -0.2) is 4.98 Å². The summed E-state index contributed by atoms with van der Waals surface area (Å²) in [7, 11) is 1.61. The van der Waals surface area contributed by atoms with Crippen molar-refractivity contribution in [1.82, 2.24) is 4.98 Å². The molecular formula is C17H16N2O2S2. The summed E-state index contributed by atoms with van der Waals surface area (Å²) in [6.07, 6.45) is 0.296. The van der Waals surface area contributed by atoms with Crippen molar-refractivity contribution in [2.45, 2.75) is 13.3 Å². The molecule has 0 atom stereocenters. The molecule has 0 unspecified atom stereocenters. The summed E-state index contributed by atoms with van der Waals surface area (Å²) in [6.45, 7) is 2.07. The van der Waals surface area contributed by atoms with Gasteiger partial charge in [0.1, 0.15) is 5.75 Å². The van der Waals surface area contributed by atoms with Crippen LogP contribution in [0.1, 0.15) is 10.4 Å². The number of hydrogen-bond acceptors (Lipinski definition) is 5. The maximum Gasteiger partial charge on any atom is 0.230 e. The van der Waals surface area contributed by atoms with Crippen LogP contribution in [0.5, 0.6) is 5.75 Å². The van der Waals surface area contributed by atoms with E-state index in [0.29, 0.717) is 11.6 Å². The SMILES string of the molecule is COc1cccc(CC(=O)Nc2nc(-c3ccc(C)s3)cs2)c1. The van der Waals surface area contributed by atoms with Gasteiger partial charge >= 0.3 is 0 Å². The lowest BCUT2D eigenvalue weighted by molar-refractivity contribution is -0.115. The number of methoxy groups -OCH3 is 1. The summed E-state index contributed by atoms with van der Waals surface area (Å²) >= 11 is 3.14. The first kappa shape index (κ1) is 15.7. The Labute approximate surface area is 142 Å². The van der Waals surface area contributed by atoms with Gasteiger partial charge in [-0.2, -0.15) is 0 Å². The number of aryl methyl sites for hydroxylation is 1. The van der Waals surface area contributed by atoms with E-state index in [1.54, 1.807) is 18.4 Å². The van der Waals surface area contributed by atoms with Crippen LogP contribution >= 0.6 is 22.7 Å². The van der Waals surface area contributed by atoms with E-state index in [1.807, 2.05) is 29.6 Å². The highest BCUT2D eigenvalue weighted by molar-refractivity contribution is 7.17. The van der Waals surface area contributed by atoms with Crippen molar-refractivity contribution < 1.29 is 9.53 Å². The maximum absolute atomic E-state index is 12.1. The molecule has 1 aromatic carbocycles. The molecule has 0 saturated carbocycles. The highest BCUT2D eigenvalue weighted by Crippen LogP contribution is 2.30. The smallest absolute Gasteiger partial charge is 0.230 e. The van der Waals surface area contributed by atoms with E-state index in [9.17, 15) is 4.79 Å². The molecule has 1 N–H and O–H groups in total. The Bertz CT molecular complexity index is 823. The Morgan fingerprint density at radius 3 is 2.91 bits per heavy atom. The van der Waals surface area contributed by atoms with Crippen molar-refractivity contribution in [3.8, 4) is 16.3 Å². The van der Waals surface area contributed by atoms with Gasteiger partial charge in [-0.05, 0) is 36.8 Å². The molecule has 0 bridgehead atoms. The first-order valence-corrected chi connectivity index (χ1v) is 8.79. The molecule has 0 aliphatic carbocycles. The van der Waals surface area contributed by atoms with E-state index in [-0.39, 0.29) is 5.91 Å². The zero-order valence-electron chi connectivity index (χ0n) is 12.8. The Morgan fingerprint density at radius 1 is 1.30 bits per heavy atom. The Morgan fingerprint density at radius 2 is 2.17 bits per heavy atom. The monoisotopic (exact) mass is 344 g/mol. The molecular weight excluding hydrogens is 328 g/mol. The van der Waals surface area contributed by atoms with Crippen LogP contribution in [0.3, 0.4) is 0 Å². The second-order valence-corrected chi connectivity index (χ2v) is 7.17. The summed E-state index contributed by atoms with van der Waals surface area (Å²) in [6, 6.07) is 11.6. The zero-order chi connectivity index (χ0) is 16.2. The van der Waals surface area contributed by atoms with Gasteiger partial charge in [-0.3, -0.25) is 4.79 Å². The minimum Gasteiger partial charge on any atom is -0.497 e. The molecule has 6 heteroatoms. The third-order valence-electron chi connectivity index (χ3n) is 3.24. The lowest BCUT2D eigenvalue weighted by Crippen LogP contribution is -2.14. The summed E-state index contributed by atoms with van der Waals surface area (Å²) in [5.74, 6) is 0.668. The third kappa shape index (κ3) is 3.97. The van der Waals surface area contributed by atoms with Crippen LogP contribution in [0.2, 0.25) is 0 Å². The van der Waals surface area contributed by atoms with E-state index in [2.05, 4.69) is 29.4 Å². The summed E-state index contributed by atoms with van der Waals surface area (Å²) < 4.78 is 5.17. The topological polar surface area (TPSA) is 51.2 Å². The van der Waals surface area contributed by atoms with Crippen molar-refractivity contribution in [3.63, 3.8) is 0 Å². The second kappa shape index (κ2) is 6.93. The van der Waals surface area contributed by atoms with Crippen molar-refractivity contribution in [3.05, 3.63) is 52.2 Å². The minimum atomic E-state index is -0.0819. The molecule has 0 fully saturated rings. The molecule has 2 aromatic heterocycles. The van der Waals surface area contributed by atoms with E-state index in [1.165, 1.54) is 16.2 Å².